The van der Waals surface area contributed by atoms with Crippen LogP contribution in [-0.4, -0.2) is 69.1 Å². The molecular weight excluding hydrogens is 284 g/mol. The Bertz CT molecular complexity index is 595. The highest BCUT2D eigenvalue weighted by molar-refractivity contribution is 5.76. The van der Waals surface area contributed by atoms with Gasteiger partial charge in [0.25, 0.3) is 0 Å². The zero-order chi connectivity index (χ0) is 15.5. The average molecular weight is 304 g/mol. The molecule has 3 rings (SSSR count). The summed E-state index contributed by atoms with van der Waals surface area (Å²) in [7, 11) is 4.05. The van der Waals surface area contributed by atoms with Crippen LogP contribution in [0.1, 0.15) is 18.2 Å². The van der Waals surface area contributed by atoms with Crippen LogP contribution in [0.25, 0.3) is 0 Å². The van der Waals surface area contributed by atoms with E-state index in [9.17, 15) is 4.79 Å². The van der Waals surface area contributed by atoms with Gasteiger partial charge in [0.2, 0.25) is 5.91 Å². The third kappa shape index (κ3) is 3.01. The lowest BCUT2D eigenvalue weighted by molar-refractivity contribution is -0.130. The minimum Gasteiger partial charge on any atom is -0.365 e. The van der Waals surface area contributed by atoms with Crippen molar-refractivity contribution in [1.82, 2.24) is 30.0 Å². The van der Waals surface area contributed by atoms with Gasteiger partial charge in [0, 0.05) is 38.2 Å². The maximum Gasteiger partial charge on any atom is 0.223 e. The van der Waals surface area contributed by atoms with E-state index in [1.807, 2.05) is 29.9 Å². The molecule has 2 atom stereocenters. The van der Waals surface area contributed by atoms with Gasteiger partial charge in [-0.1, -0.05) is 10.4 Å². The van der Waals surface area contributed by atoms with Gasteiger partial charge in [-0.3, -0.25) is 4.79 Å². The summed E-state index contributed by atoms with van der Waals surface area (Å²) in [5.74, 6) is 0.137. The number of amides is 1. The number of aromatic nitrogens is 4. The monoisotopic (exact) mass is 304 g/mol. The van der Waals surface area contributed by atoms with E-state index in [1.165, 1.54) is 6.26 Å². The van der Waals surface area contributed by atoms with Gasteiger partial charge in [0.15, 0.2) is 0 Å². The summed E-state index contributed by atoms with van der Waals surface area (Å²) in [5.41, 5.74) is 0.810. The van der Waals surface area contributed by atoms with E-state index < -0.39 is 0 Å². The van der Waals surface area contributed by atoms with E-state index in [-0.39, 0.29) is 18.0 Å². The number of likely N-dealkylation sites (tertiary alicyclic amines) is 1. The summed E-state index contributed by atoms with van der Waals surface area (Å²) in [6.07, 6.45) is 6.09. The summed E-state index contributed by atoms with van der Waals surface area (Å²) in [4.78, 5) is 16.5. The second kappa shape index (κ2) is 6.27. The van der Waals surface area contributed by atoms with E-state index >= 15 is 0 Å². The van der Waals surface area contributed by atoms with E-state index in [2.05, 4.69) is 20.4 Å². The number of carbonyl (C=O) groups excluding carboxylic acids is 1. The van der Waals surface area contributed by atoms with Crippen LogP contribution >= 0.6 is 0 Å². The van der Waals surface area contributed by atoms with Gasteiger partial charge < -0.3 is 14.3 Å². The fourth-order valence-electron chi connectivity index (χ4n) is 2.89. The molecular formula is C14H20N6O2. The first kappa shape index (κ1) is 14.7. The van der Waals surface area contributed by atoms with Gasteiger partial charge in [0.1, 0.15) is 6.26 Å². The molecule has 1 saturated heterocycles. The molecule has 0 aromatic carbocycles. The van der Waals surface area contributed by atoms with Crippen LogP contribution in [-0.2, 0) is 11.2 Å². The minimum absolute atomic E-state index is 0.133. The molecule has 1 aliphatic heterocycles. The first-order valence-corrected chi connectivity index (χ1v) is 7.34. The number of hydrogen-bond acceptors (Lipinski definition) is 6. The van der Waals surface area contributed by atoms with Crippen LogP contribution in [0.2, 0.25) is 0 Å². The second-order valence-electron chi connectivity index (χ2n) is 5.77. The van der Waals surface area contributed by atoms with E-state index in [1.54, 1.807) is 12.3 Å². The van der Waals surface area contributed by atoms with E-state index in [4.69, 9.17) is 4.52 Å². The third-order valence-corrected chi connectivity index (χ3v) is 4.14. The standard InChI is InChI=1S/C14H20N6O2/c1-18(2)12-9-19(10-13(12)20-7-6-15-17-20)14(21)4-3-11-5-8-22-16-11/h5-8,12-13H,3-4,9-10H2,1-2H3/t12-,13+/m1/s1. The van der Waals surface area contributed by atoms with Crippen molar-refractivity contribution in [1.29, 1.82) is 0 Å². The Morgan fingerprint density at radius 3 is 2.95 bits per heavy atom. The second-order valence-corrected chi connectivity index (χ2v) is 5.77. The molecule has 1 fully saturated rings. The Kier molecular flexibility index (Phi) is 4.19. The molecule has 1 amide bonds. The molecule has 0 N–H and O–H groups in total. The summed E-state index contributed by atoms with van der Waals surface area (Å²) in [6, 6.07) is 2.16. The molecule has 0 spiro atoms. The molecule has 118 valence electrons. The van der Waals surface area contributed by atoms with E-state index in [0.717, 1.165) is 5.69 Å². The largest absolute Gasteiger partial charge is 0.365 e. The molecule has 2 aromatic heterocycles. The Morgan fingerprint density at radius 2 is 2.32 bits per heavy atom. The number of rotatable bonds is 5. The highest BCUT2D eigenvalue weighted by Gasteiger charge is 2.37. The molecule has 0 bridgehead atoms. The predicted molar refractivity (Wildman–Crippen MR) is 77.9 cm³/mol. The molecule has 2 aromatic rings. The van der Waals surface area contributed by atoms with Crippen molar-refractivity contribution in [3.8, 4) is 0 Å². The van der Waals surface area contributed by atoms with Crippen molar-refractivity contribution in [3.63, 3.8) is 0 Å². The molecule has 0 radical (unpaired) electrons. The lowest BCUT2D eigenvalue weighted by Crippen LogP contribution is -2.37. The average Bonchev–Trinajstić information content (AvgIpc) is 3.23. The molecule has 8 nitrogen and oxygen atoms in total. The highest BCUT2D eigenvalue weighted by atomic mass is 16.5. The van der Waals surface area contributed by atoms with Crippen LogP contribution in [0.4, 0.5) is 0 Å². The predicted octanol–water partition coefficient (Wildman–Crippen LogP) is 0.212. The highest BCUT2D eigenvalue weighted by Crippen LogP contribution is 2.25. The van der Waals surface area contributed by atoms with Crippen LogP contribution in [0, 0.1) is 0 Å². The van der Waals surface area contributed by atoms with Gasteiger partial charge in [0.05, 0.1) is 24.0 Å². The Hall–Kier alpha value is -2.22. The third-order valence-electron chi connectivity index (χ3n) is 4.14. The number of carbonyl (C=O) groups is 1. The molecule has 22 heavy (non-hydrogen) atoms. The Labute approximate surface area is 128 Å². The molecule has 1 aliphatic rings. The smallest absolute Gasteiger partial charge is 0.223 e. The summed E-state index contributed by atoms with van der Waals surface area (Å²) < 4.78 is 6.63. The van der Waals surface area contributed by atoms with Crippen LogP contribution < -0.4 is 0 Å². The van der Waals surface area contributed by atoms with Crippen LogP contribution in [0.5, 0.6) is 0 Å². The first-order chi connectivity index (χ1) is 10.6. The minimum atomic E-state index is 0.133. The number of hydrogen-bond donors (Lipinski definition) is 0. The van der Waals surface area contributed by atoms with Crippen molar-refractivity contribution < 1.29 is 9.32 Å². The SMILES string of the molecule is CN(C)[C@@H]1CN(C(=O)CCc2ccon2)C[C@@H]1n1ccnn1. The van der Waals surface area contributed by atoms with Crippen molar-refractivity contribution >= 4 is 5.91 Å². The summed E-state index contributed by atoms with van der Waals surface area (Å²) in [5, 5.41) is 11.8. The maximum atomic E-state index is 12.4. The molecule has 0 saturated carbocycles. The van der Waals surface area contributed by atoms with Crippen molar-refractivity contribution in [3.05, 3.63) is 30.4 Å². The summed E-state index contributed by atoms with van der Waals surface area (Å²) in [6.45, 7) is 1.36. The lowest BCUT2D eigenvalue weighted by Gasteiger charge is -2.24. The Balaban J connectivity index is 1.64. The van der Waals surface area contributed by atoms with Crippen molar-refractivity contribution in [2.24, 2.45) is 0 Å². The van der Waals surface area contributed by atoms with Crippen LogP contribution in [0.3, 0.4) is 0 Å². The Morgan fingerprint density at radius 1 is 1.45 bits per heavy atom. The topological polar surface area (TPSA) is 80.3 Å². The van der Waals surface area contributed by atoms with Gasteiger partial charge in [-0.2, -0.15) is 0 Å². The van der Waals surface area contributed by atoms with E-state index in [0.29, 0.717) is 25.9 Å². The number of likely N-dealkylation sites (N-methyl/N-ethyl adjacent to an activating group) is 1. The zero-order valence-corrected chi connectivity index (χ0v) is 12.8. The number of nitrogens with zero attached hydrogens (tertiary/aromatic N) is 6. The van der Waals surface area contributed by atoms with Gasteiger partial charge >= 0.3 is 0 Å². The molecule has 3 heterocycles. The van der Waals surface area contributed by atoms with Crippen molar-refractivity contribution in [2.45, 2.75) is 24.9 Å². The number of aryl methyl sites for hydroxylation is 1. The lowest BCUT2D eigenvalue weighted by atomic mass is 10.1. The first-order valence-electron chi connectivity index (χ1n) is 7.34. The summed E-state index contributed by atoms with van der Waals surface area (Å²) >= 11 is 0. The maximum absolute atomic E-state index is 12.4. The normalized spacial score (nSPS) is 21.7. The van der Waals surface area contributed by atoms with Gasteiger partial charge in [-0.05, 0) is 14.1 Å². The molecule has 0 unspecified atom stereocenters. The zero-order valence-electron chi connectivity index (χ0n) is 12.8. The van der Waals surface area contributed by atoms with Crippen molar-refractivity contribution in [2.75, 3.05) is 27.2 Å². The van der Waals surface area contributed by atoms with Gasteiger partial charge in [-0.15, -0.1) is 5.10 Å². The molecule has 0 aliphatic carbocycles. The quantitative estimate of drug-likeness (QED) is 0.786. The van der Waals surface area contributed by atoms with Crippen LogP contribution in [0.15, 0.2) is 29.2 Å². The fourth-order valence-corrected chi connectivity index (χ4v) is 2.89. The molecule has 8 heteroatoms. The van der Waals surface area contributed by atoms with Gasteiger partial charge in [-0.25, -0.2) is 4.68 Å². The fraction of sp³-hybridized carbons (Fsp3) is 0.571.